The number of halogens is 1. The van der Waals surface area contributed by atoms with E-state index in [1.807, 2.05) is 13.1 Å². The summed E-state index contributed by atoms with van der Waals surface area (Å²) in [5.41, 5.74) is 1.78. The number of hydrogen-bond donors (Lipinski definition) is 1. The number of hydrogen-bond acceptors (Lipinski definition) is 3. The van der Waals surface area contributed by atoms with Gasteiger partial charge in [0, 0.05) is 11.6 Å². The van der Waals surface area contributed by atoms with Gasteiger partial charge in [0.15, 0.2) is 0 Å². The van der Waals surface area contributed by atoms with Gasteiger partial charge in [0.2, 0.25) is 0 Å². The first-order chi connectivity index (χ1) is 9.73. The van der Waals surface area contributed by atoms with E-state index in [9.17, 15) is 0 Å². The van der Waals surface area contributed by atoms with Gasteiger partial charge in [-0.05, 0) is 51.9 Å². The summed E-state index contributed by atoms with van der Waals surface area (Å²) >= 11 is 3.60. The van der Waals surface area contributed by atoms with Crippen molar-refractivity contribution in [1.29, 1.82) is 0 Å². The zero-order chi connectivity index (χ0) is 16.0. The number of methoxy groups -OCH3 is 2. The van der Waals surface area contributed by atoms with Gasteiger partial charge in [0.1, 0.15) is 16.0 Å². The highest BCUT2D eigenvalue weighted by atomic mass is 79.9. The van der Waals surface area contributed by atoms with Crippen LogP contribution >= 0.6 is 15.9 Å². The van der Waals surface area contributed by atoms with Crippen LogP contribution in [-0.2, 0) is 0 Å². The second-order valence-corrected chi connectivity index (χ2v) is 7.68. The molecule has 3 nitrogen and oxygen atoms in total. The van der Waals surface area contributed by atoms with E-state index in [0.717, 1.165) is 16.0 Å². The molecule has 0 spiro atoms. The lowest BCUT2D eigenvalue weighted by molar-refractivity contribution is 0.368. The Kier molecular flexibility index (Phi) is 4.33. The monoisotopic (exact) mass is 355 g/mol. The molecule has 0 radical (unpaired) electrons. The summed E-state index contributed by atoms with van der Waals surface area (Å²) < 4.78 is 11.9. The molecule has 1 aromatic rings. The fourth-order valence-corrected chi connectivity index (χ4v) is 4.43. The molecule has 2 rings (SSSR count). The van der Waals surface area contributed by atoms with Gasteiger partial charge in [-0.25, -0.2) is 0 Å². The SMILES string of the molecule is CNC(c1ccc(OC)c(Br)c1OC)C1C(C)(C)C1(C)C. The zero-order valence-electron chi connectivity index (χ0n) is 14.0. The van der Waals surface area contributed by atoms with Crippen molar-refractivity contribution in [3.05, 3.63) is 22.2 Å². The van der Waals surface area contributed by atoms with Crippen LogP contribution in [0.1, 0.15) is 39.3 Å². The highest BCUT2D eigenvalue weighted by Gasteiger charge is 2.67. The molecule has 118 valence electrons. The Bertz CT molecular complexity index is 526. The van der Waals surface area contributed by atoms with Crippen molar-refractivity contribution >= 4 is 15.9 Å². The molecule has 1 aliphatic rings. The van der Waals surface area contributed by atoms with E-state index in [4.69, 9.17) is 9.47 Å². The minimum absolute atomic E-state index is 0.257. The van der Waals surface area contributed by atoms with Gasteiger partial charge in [-0.1, -0.05) is 27.7 Å². The standard InChI is InChI=1S/C17H26BrNO2/c1-16(2)15(17(16,3)4)13(19-5)10-8-9-11(20-6)12(18)14(10)21-7/h8-9,13,15,19H,1-7H3. The van der Waals surface area contributed by atoms with Crippen molar-refractivity contribution in [1.82, 2.24) is 5.32 Å². The fourth-order valence-electron chi connectivity index (χ4n) is 3.75. The lowest BCUT2D eigenvalue weighted by Crippen LogP contribution is -2.22. The van der Waals surface area contributed by atoms with Crippen LogP contribution < -0.4 is 14.8 Å². The minimum atomic E-state index is 0.257. The first kappa shape index (κ1) is 16.6. The van der Waals surface area contributed by atoms with Gasteiger partial charge >= 0.3 is 0 Å². The molecule has 1 fully saturated rings. The van der Waals surface area contributed by atoms with Crippen molar-refractivity contribution in [3.63, 3.8) is 0 Å². The van der Waals surface area contributed by atoms with E-state index in [2.05, 4.69) is 55.0 Å². The van der Waals surface area contributed by atoms with Gasteiger partial charge in [0.05, 0.1) is 14.2 Å². The predicted octanol–water partition coefficient (Wildman–Crippen LogP) is 4.41. The van der Waals surface area contributed by atoms with E-state index in [-0.39, 0.29) is 6.04 Å². The van der Waals surface area contributed by atoms with E-state index in [1.165, 1.54) is 5.56 Å². The second-order valence-electron chi connectivity index (χ2n) is 6.89. The van der Waals surface area contributed by atoms with Crippen LogP contribution in [-0.4, -0.2) is 21.3 Å². The Hall–Kier alpha value is -0.740. The van der Waals surface area contributed by atoms with Crippen LogP contribution in [0.15, 0.2) is 16.6 Å². The fraction of sp³-hybridized carbons (Fsp3) is 0.647. The minimum Gasteiger partial charge on any atom is -0.495 e. The molecule has 4 heteroatoms. The summed E-state index contributed by atoms with van der Waals surface area (Å²) in [5.74, 6) is 2.20. The highest BCUT2D eigenvalue weighted by molar-refractivity contribution is 9.10. The van der Waals surface area contributed by atoms with Crippen LogP contribution in [0.3, 0.4) is 0 Å². The Morgan fingerprint density at radius 1 is 1.10 bits per heavy atom. The summed E-state index contributed by atoms with van der Waals surface area (Å²) in [7, 11) is 5.40. The summed E-state index contributed by atoms with van der Waals surface area (Å²) in [5, 5.41) is 3.49. The molecule has 0 saturated heterocycles. The zero-order valence-corrected chi connectivity index (χ0v) is 15.6. The van der Waals surface area contributed by atoms with Crippen LogP contribution in [0.5, 0.6) is 11.5 Å². The molecule has 1 saturated carbocycles. The Morgan fingerprint density at radius 3 is 2.05 bits per heavy atom. The van der Waals surface area contributed by atoms with E-state index >= 15 is 0 Å². The smallest absolute Gasteiger partial charge is 0.141 e. The average molecular weight is 356 g/mol. The maximum absolute atomic E-state index is 5.65. The molecule has 0 heterocycles. The average Bonchev–Trinajstić information content (AvgIpc) is 2.83. The topological polar surface area (TPSA) is 30.5 Å². The van der Waals surface area contributed by atoms with E-state index in [1.54, 1.807) is 14.2 Å². The van der Waals surface area contributed by atoms with Gasteiger partial charge in [-0.2, -0.15) is 0 Å². The normalized spacial score (nSPS) is 21.0. The molecular formula is C17H26BrNO2. The molecule has 0 aromatic heterocycles. The number of ether oxygens (including phenoxy) is 2. The van der Waals surface area contributed by atoms with Crippen LogP contribution in [0.4, 0.5) is 0 Å². The summed E-state index contributed by atoms with van der Waals surface area (Å²) in [6.45, 7) is 9.36. The largest absolute Gasteiger partial charge is 0.495 e. The second kappa shape index (κ2) is 5.47. The maximum Gasteiger partial charge on any atom is 0.141 e. The van der Waals surface area contributed by atoms with E-state index < -0.39 is 0 Å². The highest BCUT2D eigenvalue weighted by Crippen LogP contribution is 2.72. The third-order valence-corrected chi connectivity index (χ3v) is 6.38. The van der Waals surface area contributed by atoms with Gasteiger partial charge in [0.25, 0.3) is 0 Å². The first-order valence-electron chi connectivity index (χ1n) is 7.31. The molecule has 1 N–H and O–H groups in total. The maximum atomic E-state index is 5.65. The van der Waals surface area contributed by atoms with Crippen LogP contribution in [0.25, 0.3) is 0 Å². The van der Waals surface area contributed by atoms with Crippen molar-refractivity contribution in [3.8, 4) is 11.5 Å². The molecule has 0 amide bonds. The van der Waals surface area contributed by atoms with Crippen LogP contribution in [0.2, 0.25) is 0 Å². The van der Waals surface area contributed by atoms with E-state index in [0.29, 0.717) is 16.7 Å². The molecule has 1 atom stereocenters. The molecule has 21 heavy (non-hydrogen) atoms. The Labute approximate surface area is 136 Å². The lowest BCUT2D eigenvalue weighted by atomic mass is 9.95. The predicted molar refractivity (Wildman–Crippen MR) is 90.1 cm³/mol. The van der Waals surface area contributed by atoms with Crippen molar-refractivity contribution < 1.29 is 9.47 Å². The van der Waals surface area contributed by atoms with Crippen LogP contribution in [0, 0.1) is 16.7 Å². The van der Waals surface area contributed by atoms with Crippen molar-refractivity contribution in [2.45, 2.75) is 33.7 Å². The quantitative estimate of drug-likeness (QED) is 0.848. The summed E-state index contributed by atoms with van der Waals surface area (Å²) in [4.78, 5) is 0. The lowest BCUT2D eigenvalue weighted by Gasteiger charge is -2.23. The third-order valence-electron chi connectivity index (χ3n) is 5.63. The molecule has 0 aliphatic heterocycles. The third kappa shape index (κ3) is 2.36. The molecule has 0 bridgehead atoms. The number of benzene rings is 1. The van der Waals surface area contributed by atoms with Gasteiger partial charge in [-0.3, -0.25) is 0 Å². The summed E-state index contributed by atoms with van der Waals surface area (Å²) in [6.07, 6.45) is 0. The van der Waals surface area contributed by atoms with Gasteiger partial charge < -0.3 is 14.8 Å². The van der Waals surface area contributed by atoms with Crippen molar-refractivity contribution in [2.24, 2.45) is 16.7 Å². The number of nitrogens with one attached hydrogen (secondary N) is 1. The van der Waals surface area contributed by atoms with Crippen molar-refractivity contribution in [2.75, 3.05) is 21.3 Å². The Balaban J connectivity index is 2.48. The van der Waals surface area contributed by atoms with Gasteiger partial charge in [-0.15, -0.1) is 0 Å². The molecule has 1 aliphatic carbocycles. The number of rotatable bonds is 5. The molecule has 1 unspecified atom stereocenters. The molecule has 1 aromatic carbocycles. The Morgan fingerprint density at radius 2 is 1.67 bits per heavy atom. The summed E-state index contributed by atoms with van der Waals surface area (Å²) in [6, 6.07) is 4.36. The molecular weight excluding hydrogens is 330 g/mol. The first-order valence-corrected chi connectivity index (χ1v) is 8.11.